The number of aliphatic hydroxyl groups excluding tert-OH is 1. The minimum Gasteiger partial charge on any atom is -0.396 e. The summed E-state index contributed by atoms with van der Waals surface area (Å²) in [7, 11) is -3.85. The van der Waals surface area contributed by atoms with Crippen LogP contribution in [0, 0.1) is 18.7 Å². The highest BCUT2D eigenvalue weighted by molar-refractivity contribution is 7.89. The van der Waals surface area contributed by atoms with Gasteiger partial charge in [-0.1, -0.05) is 6.07 Å². The fourth-order valence-corrected chi connectivity index (χ4v) is 4.36. The first-order valence-corrected chi connectivity index (χ1v) is 8.19. The molecule has 0 aliphatic carbocycles. The fraction of sp³-hybridized carbons (Fsp3) is 0.571. The summed E-state index contributed by atoms with van der Waals surface area (Å²) in [5.74, 6) is -0.794. The van der Waals surface area contributed by atoms with E-state index in [1.807, 2.05) is 6.92 Å². The Bertz CT molecular complexity index is 588. The molecule has 1 aromatic carbocycles. The summed E-state index contributed by atoms with van der Waals surface area (Å²) in [5, 5.41) is 9.23. The molecule has 0 amide bonds. The highest BCUT2D eigenvalue weighted by Gasteiger charge is 2.35. The maximum atomic E-state index is 14.0. The first-order valence-electron chi connectivity index (χ1n) is 6.75. The predicted molar refractivity (Wildman–Crippen MR) is 74.3 cm³/mol. The lowest BCUT2D eigenvalue weighted by atomic mass is 9.96. The van der Waals surface area contributed by atoms with Crippen LogP contribution in [0.25, 0.3) is 0 Å². The van der Waals surface area contributed by atoms with E-state index in [9.17, 15) is 17.9 Å². The SMILES string of the molecule is Cc1ccc(S(=O)(=O)N2CC(CO)CCC2C)c(F)c1. The Balaban J connectivity index is 2.38. The molecular formula is C14H20FNO3S. The number of aliphatic hydroxyl groups is 1. The molecule has 1 saturated heterocycles. The number of rotatable bonds is 3. The van der Waals surface area contributed by atoms with Crippen molar-refractivity contribution in [2.24, 2.45) is 5.92 Å². The topological polar surface area (TPSA) is 57.6 Å². The van der Waals surface area contributed by atoms with Crippen molar-refractivity contribution in [3.05, 3.63) is 29.6 Å². The lowest BCUT2D eigenvalue weighted by Crippen LogP contribution is -2.46. The first-order chi connectivity index (χ1) is 9.36. The van der Waals surface area contributed by atoms with E-state index < -0.39 is 15.8 Å². The van der Waals surface area contributed by atoms with Crippen molar-refractivity contribution >= 4 is 10.0 Å². The predicted octanol–water partition coefficient (Wildman–Crippen LogP) is 1.92. The summed E-state index contributed by atoms with van der Waals surface area (Å²) >= 11 is 0. The van der Waals surface area contributed by atoms with E-state index in [1.165, 1.54) is 16.4 Å². The molecule has 1 aliphatic heterocycles. The molecule has 1 heterocycles. The Morgan fingerprint density at radius 2 is 2.10 bits per heavy atom. The van der Waals surface area contributed by atoms with Crippen LogP contribution >= 0.6 is 0 Å². The maximum Gasteiger partial charge on any atom is 0.246 e. The lowest BCUT2D eigenvalue weighted by molar-refractivity contribution is 0.139. The number of aryl methyl sites for hydroxylation is 1. The van der Waals surface area contributed by atoms with Crippen LogP contribution in [0.15, 0.2) is 23.1 Å². The van der Waals surface area contributed by atoms with Crippen LogP contribution in [0.1, 0.15) is 25.3 Å². The third-order valence-electron chi connectivity index (χ3n) is 3.85. The summed E-state index contributed by atoms with van der Waals surface area (Å²) in [6.45, 7) is 3.73. The third kappa shape index (κ3) is 2.87. The van der Waals surface area contributed by atoms with Crippen molar-refractivity contribution in [3.8, 4) is 0 Å². The molecule has 2 rings (SSSR count). The van der Waals surface area contributed by atoms with Crippen LogP contribution in [0.3, 0.4) is 0 Å². The average Bonchev–Trinajstić information content (AvgIpc) is 2.38. The molecular weight excluding hydrogens is 281 g/mol. The zero-order chi connectivity index (χ0) is 14.9. The number of piperidine rings is 1. The van der Waals surface area contributed by atoms with Crippen LogP contribution in [-0.4, -0.2) is 37.0 Å². The van der Waals surface area contributed by atoms with Crippen LogP contribution < -0.4 is 0 Å². The minimum absolute atomic E-state index is 0.0465. The molecule has 1 aromatic rings. The molecule has 0 radical (unpaired) electrons. The molecule has 1 N–H and O–H groups in total. The lowest BCUT2D eigenvalue weighted by Gasteiger charge is -2.36. The Morgan fingerprint density at radius 3 is 2.70 bits per heavy atom. The smallest absolute Gasteiger partial charge is 0.246 e. The molecule has 0 bridgehead atoms. The summed E-state index contributed by atoms with van der Waals surface area (Å²) in [5.41, 5.74) is 0.682. The monoisotopic (exact) mass is 301 g/mol. The zero-order valence-corrected chi connectivity index (χ0v) is 12.5. The zero-order valence-electron chi connectivity index (χ0n) is 11.7. The van der Waals surface area contributed by atoms with E-state index in [0.717, 1.165) is 6.42 Å². The van der Waals surface area contributed by atoms with Gasteiger partial charge in [-0.05, 0) is 50.3 Å². The molecule has 2 atom stereocenters. The van der Waals surface area contributed by atoms with Gasteiger partial charge in [0, 0.05) is 19.2 Å². The third-order valence-corrected chi connectivity index (χ3v) is 5.87. The molecule has 0 spiro atoms. The van der Waals surface area contributed by atoms with Gasteiger partial charge >= 0.3 is 0 Å². The fourth-order valence-electron chi connectivity index (χ4n) is 2.57. The van der Waals surface area contributed by atoms with Crippen LogP contribution in [-0.2, 0) is 10.0 Å². The van der Waals surface area contributed by atoms with Gasteiger partial charge in [-0.3, -0.25) is 0 Å². The van der Waals surface area contributed by atoms with Crippen LogP contribution in [0.5, 0.6) is 0 Å². The maximum absolute atomic E-state index is 14.0. The van der Waals surface area contributed by atoms with Crippen LogP contribution in [0.2, 0.25) is 0 Å². The number of benzene rings is 1. The van der Waals surface area contributed by atoms with Gasteiger partial charge < -0.3 is 5.11 Å². The standard InChI is InChI=1S/C14H20FNO3S/c1-10-3-6-14(13(15)7-10)20(18,19)16-8-12(9-17)5-4-11(16)2/h3,6-7,11-12,17H,4-5,8-9H2,1-2H3. The van der Waals surface area contributed by atoms with E-state index in [-0.39, 0.29) is 30.0 Å². The largest absolute Gasteiger partial charge is 0.396 e. The Hall–Kier alpha value is -0.980. The summed E-state index contributed by atoms with van der Waals surface area (Å²) < 4.78 is 40.5. The van der Waals surface area contributed by atoms with Gasteiger partial charge in [-0.15, -0.1) is 0 Å². The molecule has 4 nitrogen and oxygen atoms in total. The average molecular weight is 301 g/mol. The number of halogens is 1. The van der Waals surface area contributed by atoms with E-state index in [1.54, 1.807) is 13.0 Å². The second-order valence-corrected chi connectivity index (χ2v) is 7.34. The van der Waals surface area contributed by atoms with Crippen molar-refractivity contribution in [1.29, 1.82) is 0 Å². The number of sulfonamides is 1. The van der Waals surface area contributed by atoms with Crippen molar-refractivity contribution in [3.63, 3.8) is 0 Å². The van der Waals surface area contributed by atoms with Gasteiger partial charge in [0.1, 0.15) is 10.7 Å². The van der Waals surface area contributed by atoms with Crippen molar-refractivity contribution < 1.29 is 17.9 Å². The van der Waals surface area contributed by atoms with Crippen molar-refractivity contribution in [2.75, 3.05) is 13.2 Å². The summed E-state index contributed by atoms with van der Waals surface area (Å²) in [6, 6.07) is 3.96. The van der Waals surface area contributed by atoms with E-state index in [2.05, 4.69) is 0 Å². The van der Waals surface area contributed by atoms with Gasteiger partial charge in [0.15, 0.2) is 0 Å². The molecule has 1 aliphatic rings. The highest BCUT2D eigenvalue weighted by Crippen LogP contribution is 2.29. The normalized spacial score (nSPS) is 24.8. The van der Waals surface area contributed by atoms with Gasteiger partial charge in [0.2, 0.25) is 10.0 Å². The van der Waals surface area contributed by atoms with Gasteiger partial charge in [-0.25, -0.2) is 12.8 Å². The quantitative estimate of drug-likeness (QED) is 0.928. The highest BCUT2D eigenvalue weighted by atomic mass is 32.2. The van der Waals surface area contributed by atoms with Gasteiger partial charge in [0.05, 0.1) is 0 Å². The van der Waals surface area contributed by atoms with Crippen LogP contribution in [0.4, 0.5) is 4.39 Å². The molecule has 6 heteroatoms. The number of nitrogens with zero attached hydrogens (tertiary/aromatic N) is 1. The number of hydrogen-bond acceptors (Lipinski definition) is 3. The molecule has 0 saturated carbocycles. The summed E-state index contributed by atoms with van der Waals surface area (Å²) in [6.07, 6.45) is 1.47. The van der Waals surface area contributed by atoms with Crippen molar-refractivity contribution in [1.82, 2.24) is 4.31 Å². The second-order valence-electron chi connectivity index (χ2n) is 5.48. The second kappa shape index (κ2) is 5.79. The molecule has 0 aromatic heterocycles. The number of hydrogen-bond donors (Lipinski definition) is 1. The van der Waals surface area contributed by atoms with Gasteiger partial charge in [0.25, 0.3) is 0 Å². The molecule has 1 fully saturated rings. The van der Waals surface area contributed by atoms with E-state index in [0.29, 0.717) is 12.0 Å². The van der Waals surface area contributed by atoms with E-state index in [4.69, 9.17) is 0 Å². The Morgan fingerprint density at radius 1 is 1.40 bits per heavy atom. The molecule has 20 heavy (non-hydrogen) atoms. The Kier molecular flexibility index (Phi) is 4.46. The molecule has 2 unspecified atom stereocenters. The Labute approximate surface area is 119 Å². The summed E-state index contributed by atoms with van der Waals surface area (Å²) in [4.78, 5) is -0.284. The minimum atomic E-state index is -3.85. The van der Waals surface area contributed by atoms with Crippen molar-refractivity contribution in [2.45, 2.75) is 37.6 Å². The van der Waals surface area contributed by atoms with E-state index >= 15 is 0 Å². The van der Waals surface area contributed by atoms with Gasteiger partial charge in [-0.2, -0.15) is 4.31 Å². The molecule has 112 valence electrons. The first kappa shape index (κ1) is 15.4.